The third kappa shape index (κ3) is 2.15. The smallest absolute Gasteiger partial charge is 0.272 e. The van der Waals surface area contributed by atoms with Gasteiger partial charge >= 0.3 is 0 Å². The quantitative estimate of drug-likeness (QED) is 0.840. The van der Waals surface area contributed by atoms with Crippen LogP contribution in [0, 0.1) is 0 Å². The summed E-state index contributed by atoms with van der Waals surface area (Å²) in [5.74, 6) is -0.0491. The van der Waals surface area contributed by atoms with E-state index in [1.807, 2.05) is 13.8 Å². The second kappa shape index (κ2) is 4.13. The highest BCUT2D eigenvalue weighted by Gasteiger charge is 2.27. The van der Waals surface area contributed by atoms with Crippen LogP contribution in [-0.4, -0.2) is 38.9 Å². The number of H-pyrrole nitrogens is 1. The Hall–Kier alpha value is -0.840. The van der Waals surface area contributed by atoms with Crippen LogP contribution in [0.15, 0.2) is 12.3 Å². The molecule has 0 aliphatic heterocycles. The number of hydrogen-bond donors (Lipinski definition) is 1. The van der Waals surface area contributed by atoms with Gasteiger partial charge in [-0.25, -0.2) is 0 Å². The Bertz CT molecular complexity index is 308. The fourth-order valence-electron chi connectivity index (χ4n) is 0.920. The van der Waals surface area contributed by atoms with Gasteiger partial charge in [0.25, 0.3) is 5.91 Å². The third-order valence-electron chi connectivity index (χ3n) is 2.27. The molecule has 0 atom stereocenters. The first-order chi connectivity index (χ1) is 6.49. The van der Waals surface area contributed by atoms with Crippen LogP contribution < -0.4 is 0 Å². The first-order valence-corrected chi connectivity index (χ1v) is 5.44. The fourth-order valence-corrected chi connectivity index (χ4v) is 1.30. The molecule has 1 amide bonds. The molecular formula is C9H14BrN3O. The Morgan fingerprint density at radius 3 is 2.79 bits per heavy atom. The van der Waals surface area contributed by atoms with Crippen LogP contribution in [0.1, 0.15) is 24.3 Å². The molecule has 14 heavy (non-hydrogen) atoms. The number of nitrogens with one attached hydrogen (secondary N) is 1. The van der Waals surface area contributed by atoms with Gasteiger partial charge in [-0.1, -0.05) is 15.9 Å². The van der Waals surface area contributed by atoms with Gasteiger partial charge < -0.3 is 4.90 Å². The molecule has 0 aliphatic rings. The van der Waals surface area contributed by atoms with Gasteiger partial charge in [0.15, 0.2) is 0 Å². The van der Waals surface area contributed by atoms with E-state index >= 15 is 0 Å². The van der Waals surface area contributed by atoms with Crippen molar-refractivity contribution in [1.29, 1.82) is 0 Å². The average molecular weight is 260 g/mol. The maximum Gasteiger partial charge on any atom is 0.272 e. The Morgan fingerprint density at radius 1 is 1.71 bits per heavy atom. The first-order valence-electron chi connectivity index (χ1n) is 4.32. The molecule has 0 bridgehead atoms. The minimum absolute atomic E-state index is 0.0491. The largest absolute Gasteiger partial charge is 0.334 e. The second-order valence-electron chi connectivity index (χ2n) is 3.78. The van der Waals surface area contributed by atoms with E-state index in [2.05, 4.69) is 26.1 Å². The number of aromatic amines is 1. The SMILES string of the molecule is CN(C(=O)c1ccn[nH]1)C(C)(C)CBr. The van der Waals surface area contributed by atoms with E-state index in [-0.39, 0.29) is 11.4 Å². The number of carbonyl (C=O) groups is 1. The third-order valence-corrected chi connectivity index (χ3v) is 3.64. The molecule has 1 aromatic rings. The van der Waals surface area contributed by atoms with E-state index < -0.39 is 0 Å². The predicted molar refractivity (Wildman–Crippen MR) is 58.6 cm³/mol. The van der Waals surface area contributed by atoms with Crippen LogP contribution in [-0.2, 0) is 0 Å². The Balaban J connectivity index is 2.81. The van der Waals surface area contributed by atoms with Crippen molar-refractivity contribution in [2.45, 2.75) is 19.4 Å². The summed E-state index contributed by atoms with van der Waals surface area (Å²) in [7, 11) is 1.78. The van der Waals surface area contributed by atoms with Crippen molar-refractivity contribution >= 4 is 21.8 Å². The number of aromatic nitrogens is 2. The molecule has 1 heterocycles. The van der Waals surface area contributed by atoms with Crippen molar-refractivity contribution < 1.29 is 4.79 Å². The number of carbonyl (C=O) groups excluding carboxylic acids is 1. The van der Waals surface area contributed by atoms with Crippen molar-refractivity contribution in [3.63, 3.8) is 0 Å². The van der Waals surface area contributed by atoms with Gasteiger partial charge in [0, 0.05) is 24.1 Å². The molecule has 4 nitrogen and oxygen atoms in total. The van der Waals surface area contributed by atoms with Crippen molar-refractivity contribution in [3.05, 3.63) is 18.0 Å². The predicted octanol–water partition coefficient (Wildman–Crippen LogP) is 1.66. The first kappa shape index (κ1) is 11.2. The Kier molecular flexibility index (Phi) is 3.31. The second-order valence-corrected chi connectivity index (χ2v) is 4.34. The molecular weight excluding hydrogens is 246 g/mol. The highest BCUT2D eigenvalue weighted by molar-refractivity contribution is 9.09. The normalized spacial score (nSPS) is 11.4. The van der Waals surface area contributed by atoms with Gasteiger partial charge in [0.05, 0.1) is 0 Å². The van der Waals surface area contributed by atoms with Crippen LogP contribution in [0.2, 0.25) is 0 Å². The zero-order valence-electron chi connectivity index (χ0n) is 8.54. The van der Waals surface area contributed by atoms with Crippen molar-refractivity contribution in [3.8, 4) is 0 Å². The molecule has 0 spiro atoms. The topological polar surface area (TPSA) is 49.0 Å². The zero-order valence-corrected chi connectivity index (χ0v) is 10.1. The number of alkyl halides is 1. The molecule has 1 aromatic heterocycles. The van der Waals surface area contributed by atoms with Crippen LogP contribution >= 0.6 is 15.9 Å². The standard InChI is InChI=1S/C9H14BrN3O/c1-9(2,6-10)13(3)8(14)7-4-5-11-12-7/h4-5H,6H2,1-3H3,(H,11,12). The summed E-state index contributed by atoms with van der Waals surface area (Å²) in [6, 6.07) is 1.67. The molecule has 1 rings (SSSR count). The van der Waals surface area contributed by atoms with Gasteiger partial charge in [-0.05, 0) is 19.9 Å². The molecule has 0 radical (unpaired) electrons. The van der Waals surface area contributed by atoms with E-state index in [0.29, 0.717) is 5.69 Å². The highest BCUT2D eigenvalue weighted by Crippen LogP contribution is 2.17. The molecule has 1 N–H and O–H groups in total. The van der Waals surface area contributed by atoms with E-state index in [1.54, 1.807) is 24.2 Å². The molecule has 5 heteroatoms. The van der Waals surface area contributed by atoms with Gasteiger partial charge in [-0.3, -0.25) is 9.89 Å². The lowest BCUT2D eigenvalue weighted by molar-refractivity contribution is 0.0657. The highest BCUT2D eigenvalue weighted by atomic mass is 79.9. The zero-order chi connectivity index (χ0) is 10.8. The van der Waals surface area contributed by atoms with Gasteiger partial charge in [-0.2, -0.15) is 5.10 Å². The van der Waals surface area contributed by atoms with Gasteiger partial charge in [0.2, 0.25) is 0 Å². The van der Waals surface area contributed by atoms with Crippen LogP contribution in [0.25, 0.3) is 0 Å². The van der Waals surface area contributed by atoms with Gasteiger partial charge in [-0.15, -0.1) is 0 Å². The fraction of sp³-hybridized carbons (Fsp3) is 0.556. The molecule has 0 aliphatic carbocycles. The molecule has 0 fully saturated rings. The summed E-state index contributed by atoms with van der Waals surface area (Å²) in [5.41, 5.74) is 0.309. The van der Waals surface area contributed by atoms with Crippen molar-refractivity contribution in [2.24, 2.45) is 0 Å². The molecule has 78 valence electrons. The Labute approximate surface area is 91.8 Å². The number of rotatable bonds is 3. The van der Waals surface area contributed by atoms with E-state index in [4.69, 9.17) is 0 Å². The van der Waals surface area contributed by atoms with Crippen LogP contribution in [0.5, 0.6) is 0 Å². The van der Waals surface area contributed by atoms with Crippen LogP contribution in [0.3, 0.4) is 0 Å². The van der Waals surface area contributed by atoms with E-state index in [1.165, 1.54) is 0 Å². The molecule has 0 saturated heterocycles. The maximum absolute atomic E-state index is 11.8. The Morgan fingerprint density at radius 2 is 2.36 bits per heavy atom. The average Bonchev–Trinajstić information content (AvgIpc) is 2.68. The van der Waals surface area contributed by atoms with E-state index in [0.717, 1.165) is 5.33 Å². The molecule has 0 saturated carbocycles. The lowest BCUT2D eigenvalue weighted by atomic mass is 10.1. The number of amides is 1. The minimum Gasteiger partial charge on any atom is -0.334 e. The summed E-state index contributed by atoms with van der Waals surface area (Å²) in [6.45, 7) is 3.99. The van der Waals surface area contributed by atoms with Crippen molar-refractivity contribution in [2.75, 3.05) is 12.4 Å². The molecule has 0 aromatic carbocycles. The minimum atomic E-state index is -0.206. The summed E-state index contributed by atoms with van der Waals surface area (Å²) < 4.78 is 0. The monoisotopic (exact) mass is 259 g/mol. The number of hydrogen-bond acceptors (Lipinski definition) is 2. The summed E-state index contributed by atoms with van der Waals surface area (Å²) in [4.78, 5) is 13.5. The van der Waals surface area contributed by atoms with E-state index in [9.17, 15) is 4.79 Å². The summed E-state index contributed by atoms with van der Waals surface area (Å²) in [5, 5.41) is 7.14. The number of halogens is 1. The van der Waals surface area contributed by atoms with Crippen molar-refractivity contribution in [1.82, 2.24) is 15.1 Å². The lowest BCUT2D eigenvalue weighted by Crippen LogP contribution is -2.46. The molecule has 0 unspecified atom stereocenters. The lowest BCUT2D eigenvalue weighted by Gasteiger charge is -2.33. The maximum atomic E-state index is 11.8. The number of nitrogens with zero attached hydrogens (tertiary/aromatic N) is 2. The van der Waals surface area contributed by atoms with Gasteiger partial charge in [0.1, 0.15) is 5.69 Å². The summed E-state index contributed by atoms with van der Waals surface area (Å²) >= 11 is 3.38. The summed E-state index contributed by atoms with van der Waals surface area (Å²) in [6.07, 6.45) is 1.57. The van der Waals surface area contributed by atoms with Crippen LogP contribution in [0.4, 0.5) is 0 Å².